The Kier molecular flexibility index (Phi) is 10.2. The molecular formula is C25H33ClFN3O4. The van der Waals surface area contributed by atoms with Gasteiger partial charge in [0, 0.05) is 38.1 Å². The number of aliphatic hydroxyl groups excluding tert-OH is 1. The highest BCUT2D eigenvalue weighted by molar-refractivity contribution is 6.30. The summed E-state index contributed by atoms with van der Waals surface area (Å²) in [5.41, 5.74) is 2.65. The molecule has 0 amide bonds. The Hall–Kier alpha value is -2.10. The minimum atomic E-state index is -0.856. The average Bonchev–Trinajstić information content (AvgIpc) is 3.25. The first kappa shape index (κ1) is 26.5. The van der Waals surface area contributed by atoms with Crippen LogP contribution < -0.4 is 5.32 Å². The second-order valence-electron chi connectivity index (χ2n) is 8.77. The van der Waals surface area contributed by atoms with Crippen LogP contribution >= 0.6 is 11.6 Å². The lowest BCUT2D eigenvalue weighted by molar-refractivity contribution is -0.136. The third-order valence-corrected chi connectivity index (χ3v) is 6.48. The second kappa shape index (κ2) is 13.1. The van der Waals surface area contributed by atoms with Crippen LogP contribution in [0.1, 0.15) is 49.0 Å². The van der Waals surface area contributed by atoms with Gasteiger partial charge in [-0.1, -0.05) is 17.7 Å². The van der Waals surface area contributed by atoms with Crippen molar-refractivity contribution in [2.45, 2.75) is 57.3 Å². The van der Waals surface area contributed by atoms with Crippen LogP contribution in [0.25, 0.3) is 0 Å². The van der Waals surface area contributed by atoms with Gasteiger partial charge in [-0.3, -0.25) is 14.7 Å². The maximum Gasteiger partial charge on any atom is 0.303 e. The highest BCUT2D eigenvalue weighted by atomic mass is 35.5. The van der Waals surface area contributed by atoms with Crippen LogP contribution in [0.15, 0.2) is 36.7 Å². The van der Waals surface area contributed by atoms with Gasteiger partial charge in [0.05, 0.1) is 23.8 Å². The van der Waals surface area contributed by atoms with Gasteiger partial charge in [0.25, 0.3) is 0 Å². The van der Waals surface area contributed by atoms with Crippen LogP contribution in [-0.2, 0) is 22.4 Å². The highest BCUT2D eigenvalue weighted by Crippen LogP contribution is 2.23. The molecule has 3 atom stereocenters. The van der Waals surface area contributed by atoms with Gasteiger partial charge in [-0.2, -0.15) is 0 Å². The molecule has 7 nitrogen and oxygen atoms in total. The first-order chi connectivity index (χ1) is 16.3. The number of benzene rings is 1. The molecule has 1 aromatic carbocycles. The quantitative estimate of drug-likeness (QED) is 0.392. The third-order valence-electron chi connectivity index (χ3n) is 6.18. The fraction of sp³-hybridized carbons (Fsp3) is 0.520. The molecule has 34 heavy (non-hydrogen) atoms. The van der Waals surface area contributed by atoms with Gasteiger partial charge in [0.15, 0.2) is 0 Å². The number of aryl methyl sites for hydroxylation is 1. The maximum atomic E-state index is 13.7. The molecule has 1 aromatic heterocycles. The average molecular weight is 494 g/mol. The van der Waals surface area contributed by atoms with E-state index in [4.69, 9.17) is 21.4 Å². The zero-order valence-corrected chi connectivity index (χ0v) is 20.2. The number of carbonyl (C=O) groups is 1. The number of nitrogens with one attached hydrogen (secondary N) is 1. The predicted octanol–water partition coefficient (Wildman–Crippen LogP) is 3.58. The van der Waals surface area contributed by atoms with Gasteiger partial charge >= 0.3 is 5.97 Å². The molecule has 0 spiro atoms. The van der Waals surface area contributed by atoms with E-state index in [2.05, 4.69) is 15.2 Å². The minimum Gasteiger partial charge on any atom is -0.481 e. The number of nitrogens with zero attached hydrogens (tertiary/aromatic N) is 2. The second-order valence-corrected chi connectivity index (χ2v) is 9.18. The van der Waals surface area contributed by atoms with Gasteiger partial charge in [0.1, 0.15) is 5.82 Å². The number of carboxylic acid groups (broad SMARTS) is 1. The molecule has 0 bridgehead atoms. The van der Waals surface area contributed by atoms with E-state index in [1.54, 1.807) is 18.5 Å². The minimum absolute atomic E-state index is 0.0302. The van der Waals surface area contributed by atoms with Crippen molar-refractivity contribution in [1.82, 2.24) is 15.2 Å². The third kappa shape index (κ3) is 7.99. The number of carboxylic acids is 1. The summed E-state index contributed by atoms with van der Waals surface area (Å²) in [6.45, 7) is 4.01. The largest absolute Gasteiger partial charge is 0.481 e. The van der Waals surface area contributed by atoms with Crippen LogP contribution in [0.4, 0.5) is 4.39 Å². The maximum absolute atomic E-state index is 13.7. The fourth-order valence-electron chi connectivity index (χ4n) is 4.34. The summed E-state index contributed by atoms with van der Waals surface area (Å²) in [4.78, 5) is 17.3. The molecule has 0 saturated carbocycles. The van der Waals surface area contributed by atoms with Crippen LogP contribution in [0, 0.1) is 5.82 Å². The number of pyridine rings is 1. The van der Waals surface area contributed by atoms with Crippen molar-refractivity contribution >= 4 is 17.6 Å². The summed E-state index contributed by atoms with van der Waals surface area (Å²) in [5, 5.41) is 22.7. The lowest BCUT2D eigenvalue weighted by atomic mass is 10.0. The van der Waals surface area contributed by atoms with E-state index in [-0.39, 0.29) is 30.0 Å². The Morgan fingerprint density at radius 1 is 1.41 bits per heavy atom. The summed E-state index contributed by atoms with van der Waals surface area (Å²) in [7, 11) is 0. The Labute approximate surface area is 204 Å². The van der Waals surface area contributed by atoms with Crippen molar-refractivity contribution in [2.75, 3.05) is 26.4 Å². The Morgan fingerprint density at radius 2 is 2.24 bits per heavy atom. The molecule has 0 unspecified atom stereocenters. The van der Waals surface area contributed by atoms with Gasteiger partial charge in [-0.15, -0.1) is 0 Å². The first-order valence-electron chi connectivity index (χ1n) is 11.7. The van der Waals surface area contributed by atoms with Crippen molar-refractivity contribution < 1.29 is 24.1 Å². The number of halogens is 2. The standard InChI is InChI=1S/C25H33ClFN3O4/c1-17(22-8-9-28-13-19(22)5-7-25(32)33)34-15-21(31)14-29-16-30-10-2-3-20(30)11-18-4-6-23(26)24(27)12-18/h4,6,8-9,12-13,17,20-21,29,31H,2-3,5,7,10-11,14-16H2,1H3,(H,32,33)/t17-,20-,21+/m0/s1. The summed E-state index contributed by atoms with van der Waals surface area (Å²) in [6.07, 6.45) is 5.66. The van der Waals surface area contributed by atoms with Crippen molar-refractivity contribution in [1.29, 1.82) is 0 Å². The predicted molar refractivity (Wildman–Crippen MR) is 128 cm³/mol. The smallest absolute Gasteiger partial charge is 0.303 e. The van der Waals surface area contributed by atoms with E-state index in [9.17, 15) is 14.3 Å². The number of aliphatic hydroxyl groups is 1. The molecular weight excluding hydrogens is 461 g/mol. The molecule has 2 heterocycles. The van der Waals surface area contributed by atoms with Crippen molar-refractivity contribution in [3.63, 3.8) is 0 Å². The lowest BCUT2D eigenvalue weighted by Gasteiger charge is -2.26. The molecule has 3 N–H and O–H groups in total. The zero-order valence-electron chi connectivity index (χ0n) is 19.4. The van der Waals surface area contributed by atoms with E-state index in [1.807, 2.05) is 19.1 Å². The Bertz CT molecular complexity index is 948. The molecule has 186 valence electrons. The monoisotopic (exact) mass is 493 g/mol. The number of hydrogen-bond donors (Lipinski definition) is 3. The van der Waals surface area contributed by atoms with Gasteiger partial charge in [0.2, 0.25) is 0 Å². The van der Waals surface area contributed by atoms with Gasteiger partial charge in [-0.05, 0) is 74.0 Å². The molecule has 2 aromatic rings. The van der Waals surface area contributed by atoms with Gasteiger partial charge < -0.3 is 20.3 Å². The molecule has 3 rings (SSSR count). The van der Waals surface area contributed by atoms with Crippen molar-refractivity contribution in [3.05, 3.63) is 64.2 Å². The van der Waals surface area contributed by atoms with E-state index in [0.717, 1.165) is 42.5 Å². The van der Waals surface area contributed by atoms with Crippen LogP contribution in [0.5, 0.6) is 0 Å². The normalized spacial score (nSPS) is 18.2. The fourth-order valence-corrected chi connectivity index (χ4v) is 4.45. The van der Waals surface area contributed by atoms with Gasteiger partial charge in [-0.25, -0.2) is 4.39 Å². The summed E-state index contributed by atoms with van der Waals surface area (Å²) < 4.78 is 19.6. The molecule has 0 radical (unpaired) electrons. The number of hydrogen-bond acceptors (Lipinski definition) is 6. The van der Waals surface area contributed by atoms with Crippen LogP contribution in [-0.4, -0.2) is 64.6 Å². The summed E-state index contributed by atoms with van der Waals surface area (Å²) >= 11 is 5.78. The molecule has 1 aliphatic heterocycles. The summed E-state index contributed by atoms with van der Waals surface area (Å²) in [5.74, 6) is -1.24. The SMILES string of the molecule is C[C@H](OC[C@H](O)CNCN1CCC[C@H]1Cc1ccc(Cl)c(F)c1)c1ccncc1CCC(=O)O. The molecule has 0 aliphatic carbocycles. The number of ether oxygens (including phenoxy) is 1. The van der Waals surface area contributed by atoms with Crippen LogP contribution in [0.2, 0.25) is 5.02 Å². The number of aromatic nitrogens is 1. The Morgan fingerprint density at radius 3 is 3.00 bits per heavy atom. The highest BCUT2D eigenvalue weighted by Gasteiger charge is 2.24. The number of likely N-dealkylation sites (tertiary alicyclic amines) is 1. The van der Waals surface area contributed by atoms with E-state index in [1.165, 1.54) is 6.07 Å². The van der Waals surface area contributed by atoms with Crippen molar-refractivity contribution in [2.24, 2.45) is 0 Å². The van der Waals surface area contributed by atoms with Crippen LogP contribution in [0.3, 0.4) is 0 Å². The van der Waals surface area contributed by atoms with Crippen molar-refractivity contribution in [3.8, 4) is 0 Å². The Balaban J connectivity index is 1.40. The molecule has 1 saturated heterocycles. The van der Waals surface area contributed by atoms with E-state index in [0.29, 0.717) is 25.7 Å². The summed E-state index contributed by atoms with van der Waals surface area (Å²) in [6, 6.07) is 7.12. The molecule has 1 fully saturated rings. The molecule has 1 aliphatic rings. The number of aliphatic carboxylic acids is 1. The number of rotatable bonds is 13. The van der Waals surface area contributed by atoms with E-state index < -0.39 is 12.1 Å². The van der Waals surface area contributed by atoms with E-state index >= 15 is 0 Å². The molecule has 9 heteroatoms. The topological polar surface area (TPSA) is 94.9 Å². The zero-order chi connectivity index (χ0) is 24.5. The first-order valence-corrected chi connectivity index (χ1v) is 12.0. The lowest BCUT2D eigenvalue weighted by Crippen LogP contribution is -2.42.